The van der Waals surface area contributed by atoms with Crippen LogP contribution in [0.1, 0.15) is 17.4 Å². The second-order valence-corrected chi connectivity index (χ2v) is 3.84. The molecule has 0 saturated heterocycles. The average molecular weight is 225 g/mol. The zero-order chi connectivity index (χ0) is 11.7. The number of furan rings is 1. The van der Waals surface area contributed by atoms with E-state index in [2.05, 4.69) is 9.97 Å². The molecule has 1 atom stereocenters. The van der Waals surface area contributed by atoms with E-state index in [1.807, 2.05) is 30.3 Å². The highest BCUT2D eigenvalue weighted by atomic mass is 16.3. The second-order valence-electron chi connectivity index (χ2n) is 3.84. The SMILES string of the molecule is NC(c1cncnc1)c1cc2ccccc2o1. The molecule has 0 radical (unpaired) electrons. The Labute approximate surface area is 98.1 Å². The summed E-state index contributed by atoms with van der Waals surface area (Å²) < 4.78 is 5.70. The molecule has 0 amide bonds. The summed E-state index contributed by atoms with van der Waals surface area (Å²) in [6, 6.07) is 9.45. The molecule has 0 aliphatic rings. The van der Waals surface area contributed by atoms with Crippen molar-refractivity contribution >= 4 is 11.0 Å². The number of rotatable bonds is 2. The molecule has 84 valence electrons. The van der Waals surface area contributed by atoms with Gasteiger partial charge in [-0.3, -0.25) is 0 Å². The minimum atomic E-state index is -0.330. The monoisotopic (exact) mass is 225 g/mol. The lowest BCUT2D eigenvalue weighted by Crippen LogP contribution is -2.11. The van der Waals surface area contributed by atoms with Crippen LogP contribution in [0.2, 0.25) is 0 Å². The summed E-state index contributed by atoms with van der Waals surface area (Å²) in [4.78, 5) is 7.90. The van der Waals surface area contributed by atoms with Gasteiger partial charge in [0.25, 0.3) is 0 Å². The van der Waals surface area contributed by atoms with Crippen LogP contribution in [-0.2, 0) is 0 Å². The van der Waals surface area contributed by atoms with E-state index in [-0.39, 0.29) is 6.04 Å². The van der Waals surface area contributed by atoms with Crippen molar-refractivity contribution in [2.45, 2.75) is 6.04 Å². The molecule has 0 bridgehead atoms. The first-order chi connectivity index (χ1) is 8.34. The number of hydrogen-bond donors (Lipinski definition) is 1. The highest BCUT2D eigenvalue weighted by molar-refractivity contribution is 5.77. The number of nitrogens with zero attached hydrogens (tertiary/aromatic N) is 2. The Morgan fingerprint density at radius 1 is 1.12 bits per heavy atom. The third-order valence-corrected chi connectivity index (χ3v) is 2.69. The number of benzene rings is 1. The molecule has 17 heavy (non-hydrogen) atoms. The van der Waals surface area contributed by atoms with Crippen molar-refractivity contribution in [1.82, 2.24) is 9.97 Å². The molecule has 0 saturated carbocycles. The second kappa shape index (κ2) is 3.99. The summed E-state index contributed by atoms with van der Waals surface area (Å²) in [5.41, 5.74) is 7.79. The van der Waals surface area contributed by atoms with Gasteiger partial charge in [0.05, 0.1) is 6.04 Å². The Balaban J connectivity index is 2.04. The van der Waals surface area contributed by atoms with Crippen molar-refractivity contribution in [2.75, 3.05) is 0 Å². The maximum atomic E-state index is 6.11. The highest BCUT2D eigenvalue weighted by Crippen LogP contribution is 2.25. The van der Waals surface area contributed by atoms with Crippen LogP contribution >= 0.6 is 0 Å². The van der Waals surface area contributed by atoms with Crippen LogP contribution in [0, 0.1) is 0 Å². The molecule has 3 rings (SSSR count). The summed E-state index contributed by atoms with van der Waals surface area (Å²) in [6.07, 6.45) is 4.88. The summed E-state index contributed by atoms with van der Waals surface area (Å²) in [5, 5.41) is 1.05. The molecule has 1 aromatic carbocycles. The molecule has 4 heteroatoms. The summed E-state index contributed by atoms with van der Waals surface area (Å²) >= 11 is 0. The molecule has 3 aromatic rings. The first-order valence-electron chi connectivity index (χ1n) is 5.33. The fraction of sp³-hybridized carbons (Fsp3) is 0.0769. The Morgan fingerprint density at radius 3 is 2.65 bits per heavy atom. The van der Waals surface area contributed by atoms with Gasteiger partial charge in [-0.25, -0.2) is 9.97 Å². The lowest BCUT2D eigenvalue weighted by molar-refractivity contribution is 0.524. The van der Waals surface area contributed by atoms with Gasteiger partial charge in [0, 0.05) is 23.3 Å². The predicted octanol–water partition coefficient (Wildman–Crippen LogP) is 2.27. The van der Waals surface area contributed by atoms with Gasteiger partial charge in [-0.1, -0.05) is 18.2 Å². The predicted molar refractivity (Wildman–Crippen MR) is 64.3 cm³/mol. The third kappa shape index (κ3) is 1.79. The number of nitrogens with two attached hydrogens (primary N) is 1. The lowest BCUT2D eigenvalue weighted by Gasteiger charge is -2.06. The topological polar surface area (TPSA) is 64.9 Å². The quantitative estimate of drug-likeness (QED) is 0.726. The standard InChI is InChI=1S/C13H11N3O/c14-13(10-6-15-8-16-7-10)12-5-9-3-1-2-4-11(9)17-12/h1-8,13H,14H2. The minimum absolute atomic E-state index is 0.330. The average Bonchev–Trinajstić information content (AvgIpc) is 2.82. The highest BCUT2D eigenvalue weighted by Gasteiger charge is 2.14. The van der Waals surface area contributed by atoms with Crippen LogP contribution in [0.4, 0.5) is 0 Å². The number of aromatic nitrogens is 2. The van der Waals surface area contributed by atoms with Gasteiger partial charge < -0.3 is 10.2 Å². The van der Waals surface area contributed by atoms with Crippen molar-refractivity contribution in [3.63, 3.8) is 0 Å². The molecular formula is C13H11N3O. The van der Waals surface area contributed by atoms with E-state index in [1.54, 1.807) is 12.4 Å². The maximum absolute atomic E-state index is 6.11. The van der Waals surface area contributed by atoms with Crippen molar-refractivity contribution in [3.8, 4) is 0 Å². The molecule has 2 aromatic heterocycles. The van der Waals surface area contributed by atoms with Crippen LogP contribution in [0.15, 0.2) is 53.5 Å². The van der Waals surface area contributed by atoms with Gasteiger partial charge in [0.1, 0.15) is 17.7 Å². The largest absolute Gasteiger partial charge is 0.459 e. The van der Waals surface area contributed by atoms with Crippen molar-refractivity contribution in [2.24, 2.45) is 5.73 Å². The zero-order valence-corrected chi connectivity index (χ0v) is 9.08. The van der Waals surface area contributed by atoms with Crippen LogP contribution in [0.3, 0.4) is 0 Å². The van der Waals surface area contributed by atoms with Crippen molar-refractivity contribution in [3.05, 3.63) is 60.4 Å². The Bertz CT molecular complexity index is 600. The van der Waals surface area contributed by atoms with Crippen LogP contribution in [-0.4, -0.2) is 9.97 Å². The van der Waals surface area contributed by atoms with E-state index in [1.165, 1.54) is 6.33 Å². The summed E-state index contributed by atoms with van der Waals surface area (Å²) in [5.74, 6) is 0.723. The first-order valence-corrected chi connectivity index (χ1v) is 5.33. The third-order valence-electron chi connectivity index (χ3n) is 2.69. The van der Waals surface area contributed by atoms with Gasteiger partial charge in [0.2, 0.25) is 0 Å². The van der Waals surface area contributed by atoms with Gasteiger partial charge >= 0.3 is 0 Å². The van der Waals surface area contributed by atoms with E-state index in [9.17, 15) is 0 Å². The first kappa shape index (κ1) is 9.99. The van der Waals surface area contributed by atoms with Crippen molar-refractivity contribution < 1.29 is 4.42 Å². The minimum Gasteiger partial charge on any atom is -0.459 e. The molecule has 0 fully saturated rings. The molecule has 0 spiro atoms. The lowest BCUT2D eigenvalue weighted by atomic mass is 10.1. The Hall–Kier alpha value is -2.20. The summed E-state index contributed by atoms with van der Waals surface area (Å²) in [6.45, 7) is 0. The number of fused-ring (bicyclic) bond motifs is 1. The van der Waals surface area contributed by atoms with Crippen LogP contribution in [0.5, 0.6) is 0 Å². The molecular weight excluding hydrogens is 214 g/mol. The molecule has 0 aliphatic heterocycles. The Morgan fingerprint density at radius 2 is 1.88 bits per heavy atom. The molecule has 1 unspecified atom stereocenters. The maximum Gasteiger partial charge on any atom is 0.134 e. The smallest absolute Gasteiger partial charge is 0.134 e. The van der Waals surface area contributed by atoms with Crippen LogP contribution in [0.25, 0.3) is 11.0 Å². The van der Waals surface area contributed by atoms with E-state index in [0.717, 1.165) is 22.3 Å². The fourth-order valence-electron chi connectivity index (χ4n) is 1.79. The van der Waals surface area contributed by atoms with E-state index >= 15 is 0 Å². The van der Waals surface area contributed by atoms with Crippen molar-refractivity contribution in [1.29, 1.82) is 0 Å². The number of para-hydroxylation sites is 1. The van der Waals surface area contributed by atoms with Gasteiger partial charge in [0.15, 0.2) is 0 Å². The molecule has 2 N–H and O–H groups in total. The molecule has 0 aliphatic carbocycles. The van der Waals surface area contributed by atoms with Gasteiger partial charge in [-0.15, -0.1) is 0 Å². The van der Waals surface area contributed by atoms with Crippen LogP contribution < -0.4 is 5.73 Å². The van der Waals surface area contributed by atoms with Gasteiger partial charge in [-0.05, 0) is 12.1 Å². The summed E-state index contributed by atoms with van der Waals surface area (Å²) in [7, 11) is 0. The Kier molecular flexibility index (Phi) is 2.34. The van der Waals surface area contributed by atoms with E-state index in [0.29, 0.717) is 0 Å². The van der Waals surface area contributed by atoms with E-state index < -0.39 is 0 Å². The molecule has 4 nitrogen and oxygen atoms in total. The zero-order valence-electron chi connectivity index (χ0n) is 9.08. The number of hydrogen-bond acceptors (Lipinski definition) is 4. The normalized spacial score (nSPS) is 12.8. The van der Waals surface area contributed by atoms with E-state index in [4.69, 9.17) is 10.2 Å². The van der Waals surface area contributed by atoms with Gasteiger partial charge in [-0.2, -0.15) is 0 Å². The fourth-order valence-corrected chi connectivity index (χ4v) is 1.79. The molecule has 2 heterocycles.